The molecular formula is C80H70F8N4. The van der Waals surface area contributed by atoms with Crippen LogP contribution >= 0.6 is 0 Å². The molecule has 0 unspecified atom stereocenters. The number of nitrogens with zero attached hydrogens (tertiary/aromatic N) is 4. The maximum Gasteiger partial charge on any atom is 0.128 e. The van der Waals surface area contributed by atoms with Crippen molar-refractivity contribution in [2.45, 2.75) is 107 Å². The van der Waals surface area contributed by atoms with Crippen LogP contribution in [0.3, 0.4) is 0 Å². The van der Waals surface area contributed by atoms with E-state index in [4.69, 9.17) is 0 Å². The molecule has 0 aliphatic carbocycles. The highest BCUT2D eigenvalue weighted by Crippen LogP contribution is 2.57. The van der Waals surface area contributed by atoms with Gasteiger partial charge in [-0.2, -0.15) is 0 Å². The van der Waals surface area contributed by atoms with Gasteiger partial charge in [-0.3, -0.25) is 0 Å². The second-order valence-corrected chi connectivity index (χ2v) is 23.3. The second kappa shape index (κ2) is 25.9. The number of anilines is 12. The summed E-state index contributed by atoms with van der Waals surface area (Å²) in [6.45, 7) is 16.1. The maximum atomic E-state index is 16.4. The zero-order valence-electron chi connectivity index (χ0n) is 52.8. The molecule has 12 heteroatoms. The van der Waals surface area contributed by atoms with E-state index in [1.807, 2.05) is 184 Å². The van der Waals surface area contributed by atoms with Crippen LogP contribution in [0.1, 0.15) is 99.9 Å². The number of rotatable bonds is 20. The fraction of sp³-hybridized carbons (Fsp3) is 0.200. The van der Waals surface area contributed by atoms with Crippen LogP contribution in [0.5, 0.6) is 0 Å². The predicted molar refractivity (Wildman–Crippen MR) is 364 cm³/mol. The van der Waals surface area contributed by atoms with Gasteiger partial charge in [0.2, 0.25) is 0 Å². The minimum absolute atomic E-state index is 0.150. The predicted octanol–water partition coefficient (Wildman–Crippen LogP) is 24.1. The van der Waals surface area contributed by atoms with Gasteiger partial charge in [0.25, 0.3) is 0 Å². The van der Waals surface area contributed by atoms with E-state index in [2.05, 4.69) is 0 Å². The zero-order valence-corrected chi connectivity index (χ0v) is 52.8. The van der Waals surface area contributed by atoms with Gasteiger partial charge in [0.15, 0.2) is 0 Å². The first kappa shape index (κ1) is 62.5. The fourth-order valence-corrected chi connectivity index (χ4v) is 13.9. The van der Waals surface area contributed by atoms with Gasteiger partial charge in [-0.05, 0) is 157 Å². The van der Waals surface area contributed by atoms with Crippen LogP contribution in [0.15, 0.2) is 182 Å². The normalized spacial score (nSPS) is 11.6. The van der Waals surface area contributed by atoms with E-state index in [9.17, 15) is 0 Å². The van der Waals surface area contributed by atoms with Crippen LogP contribution in [0.2, 0.25) is 0 Å². The van der Waals surface area contributed by atoms with E-state index in [0.717, 1.165) is 68.8 Å². The summed E-state index contributed by atoms with van der Waals surface area (Å²) in [5.74, 6) is -6.62. The average Bonchev–Trinajstić information content (AvgIpc) is 0.699. The number of aryl methyl sites for hydroxylation is 8. The monoisotopic (exact) mass is 1240 g/mol. The van der Waals surface area contributed by atoms with Gasteiger partial charge in [0.1, 0.15) is 46.5 Å². The van der Waals surface area contributed by atoms with Gasteiger partial charge in [0.05, 0.1) is 68.2 Å². The summed E-state index contributed by atoms with van der Waals surface area (Å²) < 4.78 is 131. The number of para-hydroxylation sites is 4. The van der Waals surface area contributed by atoms with Crippen LogP contribution in [-0.2, 0) is 51.4 Å². The Labute approximate surface area is 532 Å². The van der Waals surface area contributed by atoms with E-state index < -0.39 is 46.5 Å². The Morgan fingerprint density at radius 3 is 0.533 bits per heavy atom. The molecule has 0 aromatic heterocycles. The molecule has 0 atom stereocenters. The van der Waals surface area contributed by atoms with Gasteiger partial charge in [0, 0.05) is 56.6 Å². The molecular weight excluding hydrogens is 1170 g/mol. The Morgan fingerprint density at radius 1 is 0.217 bits per heavy atom. The Bertz CT molecular complexity index is 4030. The summed E-state index contributed by atoms with van der Waals surface area (Å²) in [6.07, 6.45) is 4.05. The molecule has 0 fully saturated rings. The highest BCUT2D eigenvalue weighted by molar-refractivity contribution is 6.33. The Hall–Kier alpha value is -9.68. The van der Waals surface area contributed by atoms with Crippen molar-refractivity contribution in [3.63, 3.8) is 0 Å². The molecule has 0 radical (unpaired) electrons. The topological polar surface area (TPSA) is 13.0 Å². The molecule has 466 valence electrons. The van der Waals surface area contributed by atoms with Crippen molar-refractivity contribution in [3.05, 3.63) is 273 Å². The third kappa shape index (κ3) is 11.2. The number of benzene rings is 12. The van der Waals surface area contributed by atoms with Gasteiger partial charge in [-0.15, -0.1) is 0 Å². The lowest BCUT2D eigenvalue weighted by atomic mass is 9.88. The maximum absolute atomic E-state index is 16.4. The number of hydrogen-bond acceptors (Lipinski definition) is 4. The molecule has 12 rings (SSSR count). The molecule has 0 N–H and O–H groups in total. The largest absolute Gasteiger partial charge is 0.309 e. The molecule has 92 heavy (non-hydrogen) atoms. The van der Waals surface area contributed by atoms with Crippen LogP contribution in [0.25, 0.3) is 32.3 Å². The van der Waals surface area contributed by atoms with Crippen molar-refractivity contribution in [3.8, 4) is 0 Å². The van der Waals surface area contributed by atoms with E-state index in [-0.39, 0.29) is 22.7 Å². The molecule has 0 heterocycles. The third-order valence-corrected chi connectivity index (χ3v) is 18.0. The minimum Gasteiger partial charge on any atom is -0.309 e. The van der Waals surface area contributed by atoms with E-state index in [1.165, 1.54) is 48.5 Å². The summed E-state index contributed by atoms with van der Waals surface area (Å²) in [4.78, 5) is 7.55. The molecule has 12 aromatic carbocycles. The van der Waals surface area contributed by atoms with Crippen molar-refractivity contribution in [2.24, 2.45) is 0 Å². The summed E-state index contributed by atoms with van der Waals surface area (Å²) in [5, 5.41) is 3.45. The first-order valence-corrected chi connectivity index (χ1v) is 31.8. The molecule has 0 amide bonds. The lowest BCUT2D eigenvalue weighted by Gasteiger charge is -2.37. The Kier molecular flexibility index (Phi) is 17.6. The van der Waals surface area contributed by atoms with E-state index in [1.54, 1.807) is 0 Å². The SMILES string of the molecule is CCc1cccc(CC)c1N(c1cc(F)cc(F)c1)c1cc(N(c2cc(F)cc(F)c2)c2c(CC)cccc2CC)c2ccc3c(N(c4cc(F)cc(F)c4)c4c(CC)cccc4CC)cc(N(c4cc(F)cc(F)c4)c4c(CC)cccc4CC)c4ccc1c2c43. The lowest BCUT2D eigenvalue weighted by Crippen LogP contribution is -2.19. The van der Waals surface area contributed by atoms with Gasteiger partial charge < -0.3 is 19.6 Å². The Balaban J connectivity index is 1.40. The molecule has 12 aromatic rings. The van der Waals surface area contributed by atoms with Crippen molar-refractivity contribution < 1.29 is 35.1 Å². The number of halogens is 8. The molecule has 0 aliphatic rings. The molecule has 0 saturated carbocycles. The molecule has 0 aliphatic heterocycles. The third-order valence-electron chi connectivity index (χ3n) is 18.0. The Morgan fingerprint density at radius 2 is 0.380 bits per heavy atom. The smallest absolute Gasteiger partial charge is 0.128 e. The van der Waals surface area contributed by atoms with Crippen LogP contribution in [-0.4, -0.2) is 0 Å². The minimum atomic E-state index is -0.828. The summed E-state index contributed by atoms with van der Waals surface area (Å²) in [5.41, 5.74) is 11.9. The summed E-state index contributed by atoms with van der Waals surface area (Å²) in [6, 6.07) is 49.1. The van der Waals surface area contributed by atoms with Crippen LogP contribution in [0.4, 0.5) is 103 Å². The highest BCUT2D eigenvalue weighted by atomic mass is 19.2. The van der Waals surface area contributed by atoms with Gasteiger partial charge in [-0.25, -0.2) is 35.1 Å². The average molecular weight is 1240 g/mol. The van der Waals surface area contributed by atoms with Gasteiger partial charge in [-0.1, -0.05) is 152 Å². The van der Waals surface area contributed by atoms with Crippen LogP contribution < -0.4 is 19.6 Å². The standard InChI is InChI=1S/C80H70F8N4/c1-9-47-21-17-22-48(10-2)77(47)89(63-37-55(81)33-56(82)38-63)71-45-72(90(64-39-57(83)34-58(84)40-64)78-49(11-3)23-18-24-50(78)12-4)68-31-32-70-74(92(66-43-61(87)36-62(88)44-66)80-53(15-7)27-20-28-54(80)16-8)46-73(69-30-29-67(71)75(68)76(69)70)91(65-41-59(85)35-60(86)42-65)79-51(13-5)25-19-26-52(79)14-6/h17-46H,9-16H2,1-8H3. The fourth-order valence-electron chi connectivity index (χ4n) is 13.9. The first-order chi connectivity index (χ1) is 44.5. The van der Waals surface area contributed by atoms with Crippen molar-refractivity contribution >= 4 is 101 Å². The van der Waals surface area contributed by atoms with E-state index in [0.29, 0.717) is 129 Å². The van der Waals surface area contributed by atoms with Crippen molar-refractivity contribution in [1.29, 1.82) is 0 Å². The molecule has 0 saturated heterocycles. The summed E-state index contributed by atoms with van der Waals surface area (Å²) >= 11 is 0. The summed E-state index contributed by atoms with van der Waals surface area (Å²) in [7, 11) is 0. The van der Waals surface area contributed by atoms with Crippen LogP contribution in [0, 0.1) is 46.5 Å². The molecule has 0 bridgehead atoms. The highest BCUT2D eigenvalue weighted by Gasteiger charge is 2.33. The van der Waals surface area contributed by atoms with Gasteiger partial charge >= 0.3 is 0 Å². The second-order valence-electron chi connectivity index (χ2n) is 23.3. The molecule has 0 spiro atoms. The van der Waals surface area contributed by atoms with Crippen molar-refractivity contribution in [2.75, 3.05) is 19.6 Å². The zero-order chi connectivity index (χ0) is 64.8. The number of hydrogen-bond donors (Lipinski definition) is 0. The quantitative estimate of drug-likeness (QED) is 0.0557. The first-order valence-electron chi connectivity index (χ1n) is 31.8. The molecule has 4 nitrogen and oxygen atoms in total. The van der Waals surface area contributed by atoms with Crippen molar-refractivity contribution in [1.82, 2.24) is 0 Å². The van der Waals surface area contributed by atoms with E-state index >= 15 is 35.1 Å². The lowest BCUT2D eigenvalue weighted by molar-refractivity contribution is 0.583.